The molecule has 8 heteroatoms. The van der Waals surface area contributed by atoms with Crippen LogP contribution in [0.25, 0.3) is 0 Å². The van der Waals surface area contributed by atoms with Crippen LogP contribution in [0.5, 0.6) is 0 Å². The number of carboxylic acids is 1. The summed E-state index contributed by atoms with van der Waals surface area (Å²) >= 11 is 0. The first-order valence-corrected chi connectivity index (χ1v) is 6.09. The lowest BCUT2D eigenvalue weighted by atomic mass is 10.1. The van der Waals surface area contributed by atoms with Gasteiger partial charge in [0.1, 0.15) is 6.04 Å². The summed E-state index contributed by atoms with van der Waals surface area (Å²) in [5.74, 6) is -1.74. The standard InChI is InChI=1S/C12H22N2O6/c1-12(2,7-19-3)14-11(18)13-8(10(16)17)5-6-9(15)20-4/h8H,5-7H2,1-4H3,(H,16,17)(H2,13,14,18)/t8-/m1/s1. The van der Waals surface area contributed by atoms with Crippen molar-refractivity contribution in [1.29, 1.82) is 0 Å². The number of nitrogens with one attached hydrogen (secondary N) is 2. The van der Waals surface area contributed by atoms with E-state index in [2.05, 4.69) is 15.4 Å². The number of hydrogen-bond acceptors (Lipinski definition) is 5. The Morgan fingerprint density at radius 2 is 1.85 bits per heavy atom. The van der Waals surface area contributed by atoms with E-state index in [4.69, 9.17) is 9.84 Å². The van der Waals surface area contributed by atoms with Crippen LogP contribution < -0.4 is 10.6 Å². The second-order valence-electron chi connectivity index (χ2n) is 4.92. The molecule has 8 nitrogen and oxygen atoms in total. The first-order chi connectivity index (χ1) is 9.21. The van der Waals surface area contributed by atoms with Crippen LogP contribution in [0.4, 0.5) is 4.79 Å². The van der Waals surface area contributed by atoms with E-state index in [9.17, 15) is 14.4 Å². The predicted molar refractivity (Wildman–Crippen MR) is 70.3 cm³/mol. The van der Waals surface area contributed by atoms with Gasteiger partial charge in [-0.2, -0.15) is 0 Å². The predicted octanol–water partition coefficient (Wildman–Crippen LogP) is 0.117. The van der Waals surface area contributed by atoms with E-state index in [1.54, 1.807) is 13.8 Å². The summed E-state index contributed by atoms with van der Waals surface area (Å²) in [5.41, 5.74) is -0.635. The van der Waals surface area contributed by atoms with Crippen LogP contribution in [-0.4, -0.2) is 55.5 Å². The molecule has 20 heavy (non-hydrogen) atoms. The second kappa shape index (κ2) is 8.36. The number of urea groups is 1. The Bertz CT molecular complexity index is 356. The largest absolute Gasteiger partial charge is 0.480 e. The average Bonchev–Trinajstić information content (AvgIpc) is 2.32. The lowest BCUT2D eigenvalue weighted by molar-refractivity contribution is -0.142. The van der Waals surface area contributed by atoms with E-state index in [0.29, 0.717) is 0 Å². The minimum absolute atomic E-state index is 0.0415. The monoisotopic (exact) mass is 290 g/mol. The summed E-state index contributed by atoms with van der Waals surface area (Å²) in [6.45, 7) is 3.75. The van der Waals surface area contributed by atoms with E-state index in [1.165, 1.54) is 14.2 Å². The van der Waals surface area contributed by atoms with Crippen molar-refractivity contribution in [2.75, 3.05) is 20.8 Å². The number of ether oxygens (including phenoxy) is 2. The molecule has 116 valence electrons. The minimum Gasteiger partial charge on any atom is -0.480 e. The van der Waals surface area contributed by atoms with Gasteiger partial charge in [-0.05, 0) is 20.3 Å². The quantitative estimate of drug-likeness (QED) is 0.547. The number of carboxylic acid groups (broad SMARTS) is 1. The molecule has 0 bridgehead atoms. The molecule has 0 aliphatic carbocycles. The summed E-state index contributed by atoms with van der Waals surface area (Å²) < 4.78 is 9.35. The third kappa shape index (κ3) is 7.57. The third-order valence-electron chi connectivity index (χ3n) is 2.43. The lowest BCUT2D eigenvalue weighted by Crippen LogP contribution is -2.54. The van der Waals surface area contributed by atoms with Gasteiger partial charge in [-0.1, -0.05) is 0 Å². The fourth-order valence-corrected chi connectivity index (χ4v) is 1.52. The normalized spacial score (nSPS) is 12.4. The lowest BCUT2D eigenvalue weighted by Gasteiger charge is -2.26. The van der Waals surface area contributed by atoms with E-state index < -0.39 is 29.6 Å². The summed E-state index contributed by atoms with van der Waals surface area (Å²) in [4.78, 5) is 33.7. The Labute approximate surface area is 117 Å². The number of rotatable bonds is 8. The van der Waals surface area contributed by atoms with Gasteiger partial charge in [0.25, 0.3) is 0 Å². The summed E-state index contributed by atoms with van der Waals surface area (Å²) in [6.07, 6.45) is -0.130. The SMILES string of the molecule is COCC(C)(C)NC(=O)N[C@H](CCC(=O)OC)C(=O)O. The molecule has 0 aromatic carbocycles. The van der Waals surface area contributed by atoms with Crippen molar-refractivity contribution in [2.24, 2.45) is 0 Å². The summed E-state index contributed by atoms with van der Waals surface area (Å²) in [7, 11) is 2.71. The molecule has 0 aromatic rings. The van der Waals surface area contributed by atoms with Gasteiger partial charge in [0, 0.05) is 13.5 Å². The highest BCUT2D eigenvalue weighted by molar-refractivity contribution is 5.83. The smallest absolute Gasteiger partial charge is 0.326 e. The molecule has 1 atom stereocenters. The molecule has 2 amide bonds. The van der Waals surface area contributed by atoms with Crippen LogP contribution in [-0.2, 0) is 19.1 Å². The van der Waals surface area contributed by atoms with Gasteiger partial charge in [-0.15, -0.1) is 0 Å². The molecule has 0 spiro atoms. The van der Waals surface area contributed by atoms with Gasteiger partial charge >= 0.3 is 18.0 Å². The highest BCUT2D eigenvalue weighted by Crippen LogP contribution is 2.03. The van der Waals surface area contributed by atoms with Crippen molar-refractivity contribution in [3.8, 4) is 0 Å². The number of amides is 2. The number of methoxy groups -OCH3 is 2. The second-order valence-corrected chi connectivity index (χ2v) is 4.92. The highest BCUT2D eigenvalue weighted by atomic mass is 16.5. The van der Waals surface area contributed by atoms with Gasteiger partial charge in [0.05, 0.1) is 19.3 Å². The Morgan fingerprint density at radius 3 is 2.30 bits per heavy atom. The van der Waals surface area contributed by atoms with Crippen molar-refractivity contribution < 1.29 is 29.0 Å². The van der Waals surface area contributed by atoms with Gasteiger partial charge in [0.2, 0.25) is 0 Å². The van der Waals surface area contributed by atoms with Crippen LogP contribution in [0.15, 0.2) is 0 Å². The fourth-order valence-electron chi connectivity index (χ4n) is 1.52. The molecular formula is C12H22N2O6. The molecule has 0 saturated heterocycles. The molecule has 0 aromatic heterocycles. The van der Waals surface area contributed by atoms with E-state index >= 15 is 0 Å². The molecular weight excluding hydrogens is 268 g/mol. The molecule has 0 rings (SSSR count). The van der Waals surface area contributed by atoms with Crippen molar-refractivity contribution in [1.82, 2.24) is 10.6 Å². The van der Waals surface area contributed by atoms with E-state index in [0.717, 1.165) is 0 Å². The Balaban J connectivity index is 4.41. The van der Waals surface area contributed by atoms with Crippen molar-refractivity contribution in [2.45, 2.75) is 38.3 Å². The van der Waals surface area contributed by atoms with Gasteiger partial charge in [0.15, 0.2) is 0 Å². The number of carbonyl (C=O) groups excluding carboxylic acids is 2. The molecule has 0 aliphatic heterocycles. The summed E-state index contributed by atoms with van der Waals surface area (Å²) in [5, 5.41) is 13.9. The Morgan fingerprint density at radius 1 is 1.25 bits per heavy atom. The number of hydrogen-bond donors (Lipinski definition) is 3. The fraction of sp³-hybridized carbons (Fsp3) is 0.750. The molecule has 0 fully saturated rings. The van der Waals surface area contributed by atoms with Crippen LogP contribution in [0, 0.1) is 0 Å². The van der Waals surface area contributed by atoms with E-state index in [1.807, 2.05) is 0 Å². The van der Waals surface area contributed by atoms with Crippen LogP contribution in [0.3, 0.4) is 0 Å². The van der Waals surface area contributed by atoms with Crippen molar-refractivity contribution in [3.63, 3.8) is 0 Å². The molecule has 0 heterocycles. The third-order valence-corrected chi connectivity index (χ3v) is 2.43. The topological polar surface area (TPSA) is 114 Å². The first-order valence-electron chi connectivity index (χ1n) is 6.09. The van der Waals surface area contributed by atoms with Gasteiger partial charge in [-0.3, -0.25) is 4.79 Å². The maximum Gasteiger partial charge on any atom is 0.326 e. The Hall–Kier alpha value is -1.83. The van der Waals surface area contributed by atoms with Crippen LogP contribution >= 0.6 is 0 Å². The molecule has 0 aliphatic rings. The van der Waals surface area contributed by atoms with Crippen molar-refractivity contribution in [3.05, 3.63) is 0 Å². The minimum atomic E-state index is -1.21. The number of esters is 1. The van der Waals surface area contributed by atoms with Crippen LogP contribution in [0.1, 0.15) is 26.7 Å². The maximum atomic E-state index is 11.7. The zero-order valence-corrected chi connectivity index (χ0v) is 12.2. The number of aliphatic carboxylic acids is 1. The molecule has 3 N–H and O–H groups in total. The average molecular weight is 290 g/mol. The molecule has 0 saturated carbocycles. The zero-order valence-electron chi connectivity index (χ0n) is 12.2. The number of carbonyl (C=O) groups is 3. The van der Waals surface area contributed by atoms with Crippen LogP contribution in [0.2, 0.25) is 0 Å². The highest BCUT2D eigenvalue weighted by Gasteiger charge is 2.25. The Kier molecular flexibility index (Phi) is 7.60. The van der Waals surface area contributed by atoms with Gasteiger partial charge in [-0.25, -0.2) is 9.59 Å². The maximum absolute atomic E-state index is 11.7. The molecule has 0 unspecified atom stereocenters. The van der Waals surface area contributed by atoms with Crippen molar-refractivity contribution >= 4 is 18.0 Å². The summed E-state index contributed by atoms with van der Waals surface area (Å²) in [6, 6.07) is -1.79. The molecule has 0 radical (unpaired) electrons. The zero-order chi connectivity index (χ0) is 15.8. The van der Waals surface area contributed by atoms with Gasteiger partial charge < -0.3 is 25.2 Å². The first kappa shape index (κ1) is 18.2. The van der Waals surface area contributed by atoms with E-state index in [-0.39, 0.29) is 19.4 Å².